The summed E-state index contributed by atoms with van der Waals surface area (Å²) >= 11 is 0. The highest BCUT2D eigenvalue weighted by Gasteiger charge is 1.91. The molecule has 0 saturated heterocycles. The zero-order chi connectivity index (χ0) is 8.65. The molecule has 0 amide bonds. The molecule has 1 rings (SSSR count). The maximum absolute atomic E-state index is 5.36. The van der Waals surface area contributed by atoms with Gasteiger partial charge in [-0.05, 0) is 6.42 Å². The van der Waals surface area contributed by atoms with Gasteiger partial charge in [-0.15, -0.1) is 0 Å². The Morgan fingerprint density at radius 1 is 1.42 bits per heavy atom. The summed E-state index contributed by atoms with van der Waals surface area (Å²) in [7, 11) is 0. The average molecular weight is 166 g/mol. The van der Waals surface area contributed by atoms with Crippen LogP contribution in [0.25, 0.3) is 0 Å². The quantitative estimate of drug-likeness (QED) is 0.628. The smallest absolute Gasteiger partial charge is 0.216 e. The van der Waals surface area contributed by atoms with Crippen LogP contribution in [0.15, 0.2) is 18.6 Å². The van der Waals surface area contributed by atoms with Crippen LogP contribution in [0.4, 0.5) is 0 Å². The topological polar surface area (TPSA) is 35.0 Å². The Labute approximate surface area is 72.8 Å². The minimum absolute atomic E-state index is 0.668. The fraction of sp³-hybridized carbons (Fsp3) is 0.556. The van der Waals surface area contributed by atoms with E-state index >= 15 is 0 Å². The first kappa shape index (κ1) is 8.97. The number of aromatic nitrogens is 2. The Kier molecular flexibility index (Phi) is 4.13. The van der Waals surface area contributed by atoms with Gasteiger partial charge in [0.2, 0.25) is 5.88 Å². The first-order valence-corrected chi connectivity index (χ1v) is 4.32. The van der Waals surface area contributed by atoms with Gasteiger partial charge in [-0.3, -0.25) is 0 Å². The van der Waals surface area contributed by atoms with Crippen molar-refractivity contribution >= 4 is 0 Å². The van der Waals surface area contributed by atoms with E-state index in [1.807, 2.05) is 0 Å². The molecule has 66 valence electrons. The van der Waals surface area contributed by atoms with Crippen LogP contribution in [-0.4, -0.2) is 16.6 Å². The lowest BCUT2D eigenvalue weighted by Crippen LogP contribution is -1.98. The molecule has 0 aliphatic rings. The van der Waals surface area contributed by atoms with Gasteiger partial charge in [0.1, 0.15) is 6.33 Å². The molecule has 0 unspecified atom stereocenters. The van der Waals surface area contributed by atoms with E-state index in [2.05, 4.69) is 16.9 Å². The molecule has 0 saturated carbocycles. The first-order chi connectivity index (χ1) is 5.93. The van der Waals surface area contributed by atoms with Crippen LogP contribution in [0.1, 0.15) is 26.2 Å². The Hall–Kier alpha value is -1.12. The van der Waals surface area contributed by atoms with Gasteiger partial charge >= 0.3 is 0 Å². The Morgan fingerprint density at radius 3 is 3.00 bits per heavy atom. The maximum Gasteiger partial charge on any atom is 0.216 e. The van der Waals surface area contributed by atoms with Crippen molar-refractivity contribution in [3.05, 3.63) is 18.6 Å². The predicted molar refractivity (Wildman–Crippen MR) is 47.1 cm³/mol. The summed E-state index contributed by atoms with van der Waals surface area (Å²) in [5.41, 5.74) is 0. The molecule has 0 atom stereocenters. The minimum atomic E-state index is 0.668. The lowest BCUT2D eigenvalue weighted by molar-refractivity contribution is 0.294. The lowest BCUT2D eigenvalue weighted by Gasteiger charge is -2.02. The molecular weight excluding hydrogens is 152 g/mol. The van der Waals surface area contributed by atoms with Crippen LogP contribution in [0.5, 0.6) is 5.88 Å². The summed E-state index contributed by atoms with van der Waals surface area (Å²) in [6.07, 6.45) is 6.70. The van der Waals surface area contributed by atoms with E-state index in [9.17, 15) is 0 Å². The summed E-state index contributed by atoms with van der Waals surface area (Å²) in [5, 5.41) is 0. The summed E-state index contributed by atoms with van der Waals surface area (Å²) in [6, 6.07) is 1.77. The Balaban J connectivity index is 2.16. The summed E-state index contributed by atoms with van der Waals surface area (Å²) in [4.78, 5) is 7.74. The highest BCUT2D eigenvalue weighted by atomic mass is 16.5. The molecule has 12 heavy (non-hydrogen) atoms. The Morgan fingerprint density at radius 2 is 2.33 bits per heavy atom. The molecule has 1 heterocycles. The van der Waals surface area contributed by atoms with Crippen LogP contribution in [0.3, 0.4) is 0 Å². The molecule has 0 bridgehead atoms. The van der Waals surface area contributed by atoms with Crippen LogP contribution in [-0.2, 0) is 0 Å². The normalized spacial score (nSPS) is 9.75. The molecule has 0 fully saturated rings. The van der Waals surface area contributed by atoms with E-state index in [1.54, 1.807) is 12.3 Å². The van der Waals surface area contributed by atoms with Gasteiger partial charge in [0.05, 0.1) is 6.61 Å². The number of rotatable bonds is 5. The molecule has 3 heteroatoms. The standard InChI is InChI=1S/C9H14N2O/c1-2-3-4-7-12-9-5-6-10-8-11-9/h5-6,8H,2-4,7H2,1H3. The molecule has 1 aromatic heterocycles. The number of hydrogen-bond donors (Lipinski definition) is 0. The second-order valence-electron chi connectivity index (χ2n) is 2.60. The molecule has 0 spiro atoms. The van der Waals surface area contributed by atoms with Gasteiger partial charge in [-0.1, -0.05) is 19.8 Å². The van der Waals surface area contributed by atoms with Gasteiger partial charge in [-0.25, -0.2) is 9.97 Å². The largest absolute Gasteiger partial charge is 0.478 e. The average Bonchev–Trinajstić information content (AvgIpc) is 2.14. The molecule has 0 aromatic carbocycles. The highest BCUT2D eigenvalue weighted by molar-refractivity contribution is 5.03. The number of nitrogens with zero attached hydrogens (tertiary/aromatic N) is 2. The van der Waals surface area contributed by atoms with Crippen molar-refractivity contribution in [2.75, 3.05) is 6.61 Å². The summed E-state index contributed by atoms with van der Waals surface area (Å²) in [5.74, 6) is 0.668. The summed E-state index contributed by atoms with van der Waals surface area (Å²) < 4.78 is 5.36. The van der Waals surface area contributed by atoms with Gasteiger partial charge in [0, 0.05) is 12.3 Å². The van der Waals surface area contributed by atoms with E-state index in [1.165, 1.54) is 19.2 Å². The lowest BCUT2D eigenvalue weighted by atomic mass is 10.3. The van der Waals surface area contributed by atoms with E-state index in [-0.39, 0.29) is 0 Å². The second kappa shape index (κ2) is 5.52. The third-order valence-electron chi connectivity index (χ3n) is 1.55. The van der Waals surface area contributed by atoms with Crippen molar-refractivity contribution < 1.29 is 4.74 Å². The fourth-order valence-corrected chi connectivity index (χ4v) is 0.893. The maximum atomic E-state index is 5.36. The van der Waals surface area contributed by atoms with E-state index in [0.717, 1.165) is 13.0 Å². The molecular formula is C9H14N2O. The van der Waals surface area contributed by atoms with Crippen LogP contribution in [0.2, 0.25) is 0 Å². The van der Waals surface area contributed by atoms with Gasteiger partial charge in [-0.2, -0.15) is 0 Å². The highest BCUT2D eigenvalue weighted by Crippen LogP contribution is 2.03. The van der Waals surface area contributed by atoms with Crippen LogP contribution in [0, 0.1) is 0 Å². The van der Waals surface area contributed by atoms with Gasteiger partial charge in [0.15, 0.2) is 0 Å². The molecule has 1 aromatic rings. The van der Waals surface area contributed by atoms with Crippen molar-refractivity contribution in [2.24, 2.45) is 0 Å². The van der Waals surface area contributed by atoms with Crippen molar-refractivity contribution in [3.8, 4) is 5.88 Å². The monoisotopic (exact) mass is 166 g/mol. The number of unbranched alkanes of at least 4 members (excludes halogenated alkanes) is 2. The predicted octanol–water partition coefficient (Wildman–Crippen LogP) is 2.05. The first-order valence-electron chi connectivity index (χ1n) is 4.32. The third kappa shape index (κ3) is 3.32. The van der Waals surface area contributed by atoms with Crippen molar-refractivity contribution in [2.45, 2.75) is 26.2 Å². The van der Waals surface area contributed by atoms with Crippen molar-refractivity contribution in [3.63, 3.8) is 0 Å². The fourth-order valence-electron chi connectivity index (χ4n) is 0.893. The molecule has 0 radical (unpaired) electrons. The number of ether oxygens (including phenoxy) is 1. The molecule has 0 aliphatic carbocycles. The van der Waals surface area contributed by atoms with Crippen molar-refractivity contribution in [1.82, 2.24) is 9.97 Å². The molecule has 0 aliphatic heterocycles. The Bertz CT molecular complexity index is 201. The van der Waals surface area contributed by atoms with Gasteiger partial charge < -0.3 is 4.74 Å². The van der Waals surface area contributed by atoms with E-state index in [0.29, 0.717) is 5.88 Å². The SMILES string of the molecule is CCCCCOc1ccncn1. The zero-order valence-corrected chi connectivity index (χ0v) is 7.36. The number of hydrogen-bond acceptors (Lipinski definition) is 3. The zero-order valence-electron chi connectivity index (χ0n) is 7.36. The van der Waals surface area contributed by atoms with Gasteiger partial charge in [0.25, 0.3) is 0 Å². The van der Waals surface area contributed by atoms with Crippen LogP contribution >= 0.6 is 0 Å². The molecule has 0 N–H and O–H groups in total. The third-order valence-corrected chi connectivity index (χ3v) is 1.55. The van der Waals surface area contributed by atoms with E-state index < -0.39 is 0 Å². The van der Waals surface area contributed by atoms with Crippen molar-refractivity contribution in [1.29, 1.82) is 0 Å². The molecule has 3 nitrogen and oxygen atoms in total. The van der Waals surface area contributed by atoms with Crippen LogP contribution < -0.4 is 4.74 Å². The summed E-state index contributed by atoms with van der Waals surface area (Å²) in [6.45, 7) is 2.93. The second-order valence-corrected chi connectivity index (χ2v) is 2.60. The van der Waals surface area contributed by atoms with E-state index in [4.69, 9.17) is 4.74 Å². The minimum Gasteiger partial charge on any atom is -0.478 e.